The second-order valence-corrected chi connectivity index (χ2v) is 7.15. The number of carbonyl (C=O) groups excluding carboxylic acids is 2. The number of nitrogens with zero attached hydrogens (tertiary/aromatic N) is 1. The summed E-state index contributed by atoms with van der Waals surface area (Å²) in [5.41, 5.74) is 2.28. The molecule has 2 heterocycles. The van der Waals surface area contributed by atoms with Crippen molar-refractivity contribution in [1.29, 1.82) is 0 Å². The summed E-state index contributed by atoms with van der Waals surface area (Å²) in [5, 5.41) is 4.92. The molecule has 1 aliphatic rings. The number of amides is 2. The van der Waals surface area contributed by atoms with Gasteiger partial charge in [0, 0.05) is 19.5 Å². The summed E-state index contributed by atoms with van der Waals surface area (Å²) in [5.74, 6) is 0.0719. The van der Waals surface area contributed by atoms with Crippen LogP contribution in [0.5, 0.6) is 0 Å². The highest BCUT2D eigenvalue weighted by atomic mass is 32.1. The van der Waals surface area contributed by atoms with Crippen molar-refractivity contribution in [3.05, 3.63) is 57.8 Å². The van der Waals surface area contributed by atoms with E-state index in [0.29, 0.717) is 13.0 Å². The van der Waals surface area contributed by atoms with Crippen LogP contribution in [0.15, 0.2) is 41.8 Å². The van der Waals surface area contributed by atoms with Crippen LogP contribution >= 0.6 is 11.3 Å². The number of benzene rings is 1. The van der Waals surface area contributed by atoms with Gasteiger partial charge < -0.3 is 10.2 Å². The molecule has 5 heteroatoms. The number of thiophene rings is 1. The van der Waals surface area contributed by atoms with Crippen molar-refractivity contribution < 1.29 is 9.59 Å². The maximum atomic E-state index is 12.3. The molecule has 0 spiro atoms. The molecule has 2 aromatic rings. The van der Waals surface area contributed by atoms with Crippen molar-refractivity contribution in [2.45, 2.75) is 32.2 Å². The molecule has 1 atom stereocenters. The Morgan fingerprint density at radius 3 is 2.79 bits per heavy atom. The summed E-state index contributed by atoms with van der Waals surface area (Å²) in [6.45, 7) is 3.29. The molecule has 1 N–H and O–H groups in total. The molecule has 3 rings (SSSR count). The highest BCUT2D eigenvalue weighted by Gasteiger charge is 2.30. The first-order chi connectivity index (χ1) is 11.6. The Kier molecular flexibility index (Phi) is 5.30. The normalized spacial score (nSPS) is 17.3. The van der Waals surface area contributed by atoms with Crippen molar-refractivity contribution in [2.75, 3.05) is 13.1 Å². The second kappa shape index (κ2) is 7.62. The van der Waals surface area contributed by atoms with Crippen LogP contribution in [-0.4, -0.2) is 35.8 Å². The van der Waals surface area contributed by atoms with Gasteiger partial charge >= 0.3 is 0 Å². The molecule has 126 valence electrons. The Labute approximate surface area is 146 Å². The summed E-state index contributed by atoms with van der Waals surface area (Å²) >= 11 is 1.44. The standard InChI is InChI=1S/C19H22N2O2S/c1-14-9-11-24-18(14)19(23)20-16-12-17(22)21(13-16)10-5-8-15-6-3-2-4-7-15/h2-4,6-7,9,11,16H,5,8,10,12-13H2,1H3,(H,20,23). The number of hydrogen-bond acceptors (Lipinski definition) is 3. The van der Waals surface area contributed by atoms with Gasteiger partial charge in [-0.25, -0.2) is 0 Å². The number of carbonyl (C=O) groups is 2. The molecule has 1 aliphatic heterocycles. The smallest absolute Gasteiger partial charge is 0.261 e. The molecule has 1 aromatic heterocycles. The fourth-order valence-corrected chi connectivity index (χ4v) is 3.89. The third kappa shape index (κ3) is 4.03. The van der Waals surface area contributed by atoms with Gasteiger partial charge in [-0.3, -0.25) is 9.59 Å². The molecule has 4 nitrogen and oxygen atoms in total. The van der Waals surface area contributed by atoms with E-state index >= 15 is 0 Å². The van der Waals surface area contributed by atoms with Crippen molar-refractivity contribution >= 4 is 23.2 Å². The fraction of sp³-hybridized carbons (Fsp3) is 0.368. The third-order valence-electron chi connectivity index (χ3n) is 4.35. The molecule has 0 saturated carbocycles. The Bertz CT molecular complexity index is 711. The van der Waals surface area contributed by atoms with E-state index in [1.54, 1.807) is 0 Å². The summed E-state index contributed by atoms with van der Waals surface area (Å²) < 4.78 is 0. The van der Waals surface area contributed by atoms with E-state index in [2.05, 4.69) is 17.4 Å². The molecular formula is C19H22N2O2S. The third-order valence-corrected chi connectivity index (χ3v) is 5.37. The molecular weight excluding hydrogens is 320 g/mol. The summed E-state index contributed by atoms with van der Waals surface area (Å²) in [6.07, 6.45) is 2.32. The first-order valence-electron chi connectivity index (χ1n) is 8.30. The molecule has 2 amide bonds. The Morgan fingerprint density at radius 1 is 1.29 bits per heavy atom. The van der Waals surface area contributed by atoms with E-state index in [9.17, 15) is 9.59 Å². The van der Waals surface area contributed by atoms with Crippen LogP contribution in [0.1, 0.15) is 33.6 Å². The van der Waals surface area contributed by atoms with Gasteiger partial charge in [0.25, 0.3) is 5.91 Å². The minimum absolute atomic E-state index is 0.0635. The molecule has 1 saturated heterocycles. The maximum Gasteiger partial charge on any atom is 0.261 e. The maximum absolute atomic E-state index is 12.3. The van der Waals surface area contributed by atoms with Gasteiger partial charge in [0.15, 0.2) is 0 Å². The molecule has 1 fully saturated rings. The van der Waals surface area contributed by atoms with Crippen molar-refractivity contribution in [3.63, 3.8) is 0 Å². The lowest BCUT2D eigenvalue weighted by atomic mass is 10.1. The molecule has 24 heavy (non-hydrogen) atoms. The van der Waals surface area contributed by atoms with Gasteiger partial charge in [0.1, 0.15) is 0 Å². The van der Waals surface area contributed by atoms with Crippen LogP contribution in [0, 0.1) is 6.92 Å². The van der Waals surface area contributed by atoms with Crippen LogP contribution < -0.4 is 5.32 Å². The van der Waals surface area contributed by atoms with Crippen molar-refractivity contribution in [1.82, 2.24) is 10.2 Å². The topological polar surface area (TPSA) is 49.4 Å². The number of nitrogens with one attached hydrogen (secondary N) is 1. The summed E-state index contributed by atoms with van der Waals surface area (Å²) in [6, 6.07) is 12.2. The quantitative estimate of drug-likeness (QED) is 0.877. The minimum Gasteiger partial charge on any atom is -0.346 e. The van der Waals surface area contributed by atoms with Gasteiger partial charge in [-0.05, 0) is 42.3 Å². The predicted octanol–water partition coefficient (Wildman–Crippen LogP) is 3.02. The number of hydrogen-bond donors (Lipinski definition) is 1. The average Bonchev–Trinajstić information content (AvgIpc) is 3.14. The van der Waals surface area contributed by atoms with E-state index in [4.69, 9.17) is 0 Å². The lowest BCUT2D eigenvalue weighted by molar-refractivity contribution is -0.127. The monoisotopic (exact) mass is 342 g/mol. The summed E-state index contributed by atoms with van der Waals surface area (Å²) in [4.78, 5) is 27.0. The summed E-state index contributed by atoms with van der Waals surface area (Å²) in [7, 11) is 0. The average molecular weight is 342 g/mol. The first-order valence-corrected chi connectivity index (χ1v) is 9.18. The van der Waals surface area contributed by atoms with Crippen molar-refractivity contribution in [3.8, 4) is 0 Å². The Balaban J connectivity index is 1.47. The molecule has 0 bridgehead atoms. The highest BCUT2D eigenvalue weighted by Crippen LogP contribution is 2.18. The Hall–Kier alpha value is -2.14. The molecule has 1 aromatic carbocycles. The lowest BCUT2D eigenvalue weighted by Gasteiger charge is -2.17. The lowest BCUT2D eigenvalue weighted by Crippen LogP contribution is -2.37. The van der Waals surface area contributed by atoms with E-state index in [1.807, 2.05) is 41.5 Å². The van der Waals surface area contributed by atoms with Gasteiger partial charge in [0.05, 0.1) is 10.9 Å². The van der Waals surface area contributed by atoms with Gasteiger partial charge in [-0.2, -0.15) is 0 Å². The van der Waals surface area contributed by atoms with Gasteiger partial charge in [0.2, 0.25) is 5.91 Å². The zero-order valence-corrected chi connectivity index (χ0v) is 14.6. The zero-order chi connectivity index (χ0) is 16.9. The Morgan fingerprint density at radius 2 is 2.08 bits per heavy atom. The van der Waals surface area contributed by atoms with E-state index in [0.717, 1.165) is 29.8 Å². The number of aryl methyl sites for hydroxylation is 2. The van der Waals surface area contributed by atoms with E-state index in [-0.39, 0.29) is 17.9 Å². The molecule has 0 radical (unpaired) electrons. The van der Waals surface area contributed by atoms with Crippen LogP contribution in [0.2, 0.25) is 0 Å². The van der Waals surface area contributed by atoms with Crippen molar-refractivity contribution in [2.24, 2.45) is 0 Å². The van der Waals surface area contributed by atoms with E-state index < -0.39 is 0 Å². The fourth-order valence-electron chi connectivity index (χ4n) is 3.06. The van der Waals surface area contributed by atoms with Crippen LogP contribution in [0.25, 0.3) is 0 Å². The van der Waals surface area contributed by atoms with Crippen LogP contribution in [-0.2, 0) is 11.2 Å². The number of likely N-dealkylation sites (tertiary alicyclic amines) is 1. The van der Waals surface area contributed by atoms with Gasteiger partial charge in [-0.1, -0.05) is 30.3 Å². The molecule has 0 aliphatic carbocycles. The molecule has 1 unspecified atom stereocenters. The predicted molar refractivity (Wildman–Crippen MR) is 96.3 cm³/mol. The van der Waals surface area contributed by atoms with Crippen LogP contribution in [0.3, 0.4) is 0 Å². The van der Waals surface area contributed by atoms with Gasteiger partial charge in [-0.15, -0.1) is 11.3 Å². The van der Waals surface area contributed by atoms with Crippen LogP contribution in [0.4, 0.5) is 0 Å². The first kappa shape index (κ1) is 16.7. The highest BCUT2D eigenvalue weighted by molar-refractivity contribution is 7.12. The number of rotatable bonds is 6. The SMILES string of the molecule is Cc1ccsc1C(=O)NC1CC(=O)N(CCCc2ccccc2)C1. The zero-order valence-electron chi connectivity index (χ0n) is 13.8. The largest absolute Gasteiger partial charge is 0.346 e. The second-order valence-electron chi connectivity index (χ2n) is 6.24. The van der Waals surface area contributed by atoms with E-state index in [1.165, 1.54) is 16.9 Å². The minimum atomic E-state index is -0.0803.